The molecular formula is C17H19F2N. The van der Waals surface area contributed by atoms with E-state index in [9.17, 15) is 8.78 Å². The molecule has 106 valence electrons. The van der Waals surface area contributed by atoms with Crippen LogP contribution in [0.4, 0.5) is 8.78 Å². The SMILES string of the molecule is CCNC(c1cc(C)cc(F)c1)c1cc(F)ccc1C. The van der Waals surface area contributed by atoms with Crippen LogP contribution in [0.25, 0.3) is 0 Å². The highest BCUT2D eigenvalue weighted by atomic mass is 19.1. The summed E-state index contributed by atoms with van der Waals surface area (Å²) in [4.78, 5) is 0. The van der Waals surface area contributed by atoms with E-state index in [-0.39, 0.29) is 17.7 Å². The number of aryl methyl sites for hydroxylation is 2. The van der Waals surface area contributed by atoms with Gasteiger partial charge in [-0.1, -0.05) is 19.1 Å². The van der Waals surface area contributed by atoms with Gasteiger partial charge in [-0.2, -0.15) is 0 Å². The molecule has 0 aliphatic carbocycles. The summed E-state index contributed by atoms with van der Waals surface area (Å²) in [5.41, 5.74) is 3.51. The molecule has 1 unspecified atom stereocenters. The van der Waals surface area contributed by atoms with Crippen LogP contribution in [0.2, 0.25) is 0 Å². The largest absolute Gasteiger partial charge is 0.307 e. The molecule has 3 heteroatoms. The maximum absolute atomic E-state index is 13.6. The van der Waals surface area contributed by atoms with E-state index in [0.29, 0.717) is 0 Å². The van der Waals surface area contributed by atoms with Crippen LogP contribution < -0.4 is 5.32 Å². The molecule has 0 aromatic heterocycles. The fraction of sp³-hybridized carbons (Fsp3) is 0.294. The van der Waals surface area contributed by atoms with Crippen molar-refractivity contribution in [3.63, 3.8) is 0 Å². The fourth-order valence-corrected chi connectivity index (χ4v) is 2.47. The minimum Gasteiger partial charge on any atom is -0.307 e. The number of hydrogen-bond acceptors (Lipinski definition) is 1. The van der Waals surface area contributed by atoms with E-state index in [1.807, 2.05) is 26.8 Å². The Balaban J connectivity index is 2.52. The van der Waals surface area contributed by atoms with E-state index in [1.54, 1.807) is 6.07 Å². The van der Waals surface area contributed by atoms with Crippen LogP contribution in [-0.2, 0) is 0 Å². The van der Waals surface area contributed by atoms with Crippen molar-refractivity contribution in [1.29, 1.82) is 0 Å². The van der Waals surface area contributed by atoms with Gasteiger partial charge >= 0.3 is 0 Å². The Morgan fingerprint density at radius 3 is 2.40 bits per heavy atom. The number of benzene rings is 2. The van der Waals surface area contributed by atoms with E-state index >= 15 is 0 Å². The molecule has 0 saturated carbocycles. The Bertz CT molecular complexity index is 588. The normalized spacial score (nSPS) is 12.4. The lowest BCUT2D eigenvalue weighted by Crippen LogP contribution is -2.23. The van der Waals surface area contributed by atoms with Crippen molar-refractivity contribution >= 4 is 0 Å². The molecule has 2 aromatic rings. The average molecular weight is 275 g/mol. The number of nitrogens with one attached hydrogen (secondary N) is 1. The van der Waals surface area contributed by atoms with Crippen molar-refractivity contribution in [3.8, 4) is 0 Å². The van der Waals surface area contributed by atoms with Gasteiger partial charge in [0.1, 0.15) is 11.6 Å². The van der Waals surface area contributed by atoms with Crippen molar-refractivity contribution in [2.45, 2.75) is 26.8 Å². The minimum atomic E-state index is -0.276. The van der Waals surface area contributed by atoms with E-state index in [1.165, 1.54) is 24.3 Å². The maximum Gasteiger partial charge on any atom is 0.123 e. The molecule has 0 fully saturated rings. The van der Waals surface area contributed by atoms with Gasteiger partial charge in [0.05, 0.1) is 6.04 Å². The molecule has 2 rings (SSSR count). The fourth-order valence-electron chi connectivity index (χ4n) is 2.47. The molecule has 0 aliphatic heterocycles. The van der Waals surface area contributed by atoms with Crippen LogP contribution in [0.1, 0.15) is 35.2 Å². The molecule has 0 amide bonds. The summed E-state index contributed by atoms with van der Waals surface area (Å²) in [6, 6.07) is 9.43. The van der Waals surface area contributed by atoms with Crippen LogP contribution in [-0.4, -0.2) is 6.54 Å². The molecule has 0 radical (unpaired) electrons. The monoisotopic (exact) mass is 275 g/mol. The topological polar surface area (TPSA) is 12.0 Å². The number of rotatable bonds is 4. The molecule has 0 saturated heterocycles. The van der Waals surface area contributed by atoms with E-state index in [2.05, 4.69) is 5.32 Å². The third-order valence-corrected chi connectivity index (χ3v) is 3.36. The molecule has 1 atom stereocenters. The lowest BCUT2D eigenvalue weighted by Gasteiger charge is -2.21. The molecule has 20 heavy (non-hydrogen) atoms. The summed E-state index contributed by atoms with van der Waals surface area (Å²) in [6.07, 6.45) is 0. The third kappa shape index (κ3) is 3.23. The lowest BCUT2D eigenvalue weighted by atomic mass is 9.93. The molecule has 0 bridgehead atoms. The van der Waals surface area contributed by atoms with Crippen LogP contribution in [0, 0.1) is 25.5 Å². The molecule has 2 aromatic carbocycles. The zero-order valence-electron chi connectivity index (χ0n) is 12.0. The van der Waals surface area contributed by atoms with E-state index in [0.717, 1.165) is 28.8 Å². The lowest BCUT2D eigenvalue weighted by molar-refractivity contribution is 0.590. The third-order valence-electron chi connectivity index (χ3n) is 3.36. The second-order valence-electron chi connectivity index (χ2n) is 5.05. The Morgan fingerprint density at radius 2 is 1.75 bits per heavy atom. The second kappa shape index (κ2) is 6.14. The van der Waals surface area contributed by atoms with Gasteiger partial charge in [-0.15, -0.1) is 0 Å². The summed E-state index contributed by atoms with van der Waals surface area (Å²) >= 11 is 0. The molecule has 0 heterocycles. The van der Waals surface area contributed by atoms with Crippen LogP contribution in [0.5, 0.6) is 0 Å². The van der Waals surface area contributed by atoms with Crippen LogP contribution in [0.3, 0.4) is 0 Å². The molecule has 1 N–H and O–H groups in total. The molecule has 0 spiro atoms. The van der Waals surface area contributed by atoms with Crippen molar-refractivity contribution < 1.29 is 8.78 Å². The summed E-state index contributed by atoms with van der Waals surface area (Å²) in [7, 11) is 0. The van der Waals surface area contributed by atoms with Gasteiger partial charge < -0.3 is 5.32 Å². The van der Waals surface area contributed by atoms with Gasteiger partial charge in [-0.05, 0) is 66.9 Å². The first-order chi connectivity index (χ1) is 9.51. The predicted molar refractivity (Wildman–Crippen MR) is 77.8 cm³/mol. The smallest absolute Gasteiger partial charge is 0.123 e. The Morgan fingerprint density at radius 1 is 1.00 bits per heavy atom. The van der Waals surface area contributed by atoms with Crippen LogP contribution in [0.15, 0.2) is 36.4 Å². The Hall–Kier alpha value is -1.74. The van der Waals surface area contributed by atoms with Gasteiger partial charge in [0.2, 0.25) is 0 Å². The molecular weight excluding hydrogens is 256 g/mol. The minimum absolute atomic E-state index is 0.204. The maximum atomic E-state index is 13.6. The summed E-state index contributed by atoms with van der Waals surface area (Å²) in [5, 5.41) is 3.30. The first kappa shape index (κ1) is 14.7. The zero-order valence-corrected chi connectivity index (χ0v) is 12.0. The van der Waals surface area contributed by atoms with Crippen molar-refractivity contribution in [2.75, 3.05) is 6.54 Å². The second-order valence-corrected chi connectivity index (χ2v) is 5.05. The van der Waals surface area contributed by atoms with Crippen molar-refractivity contribution in [1.82, 2.24) is 5.32 Å². The van der Waals surface area contributed by atoms with Crippen LogP contribution >= 0.6 is 0 Å². The highest BCUT2D eigenvalue weighted by Gasteiger charge is 2.17. The van der Waals surface area contributed by atoms with Crippen molar-refractivity contribution in [2.24, 2.45) is 0 Å². The number of hydrogen-bond donors (Lipinski definition) is 1. The first-order valence-corrected chi connectivity index (χ1v) is 6.77. The average Bonchev–Trinajstić information content (AvgIpc) is 2.38. The van der Waals surface area contributed by atoms with Gasteiger partial charge in [-0.25, -0.2) is 8.78 Å². The van der Waals surface area contributed by atoms with Gasteiger partial charge in [0.25, 0.3) is 0 Å². The van der Waals surface area contributed by atoms with E-state index in [4.69, 9.17) is 0 Å². The molecule has 1 nitrogen and oxygen atoms in total. The Kier molecular flexibility index (Phi) is 4.50. The molecule has 0 aliphatic rings. The predicted octanol–water partition coefficient (Wildman–Crippen LogP) is 4.28. The first-order valence-electron chi connectivity index (χ1n) is 6.77. The highest BCUT2D eigenvalue weighted by Crippen LogP contribution is 2.27. The van der Waals surface area contributed by atoms with Gasteiger partial charge in [0, 0.05) is 0 Å². The number of halogens is 2. The standard InChI is InChI=1S/C17H19F2N/c1-4-20-17(13-7-11(2)8-15(19)9-13)16-10-14(18)6-5-12(16)3/h5-10,17,20H,4H2,1-3H3. The summed E-state index contributed by atoms with van der Waals surface area (Å²) in [5.74, 6) is -0.543. The zero-order chi connectivity index (χ0) is 14.7. The summed E-state index contributed by atoms with van der Waals surface area (Å²) in [6.45, 7) is 6.49. The van der Waals surface area contributed by atoms with Gasteiger partial charge in [-0.3, -0.25) is 0 Å². The van der Waals surface area contributed by atoms with E-state index < -0.39 is 0 Å². The summed E-state index contributed by atoms with van der Waals surface area (Å²) < 4.78 is 27.1. The highest BCUT2D eigenvalue weighted by molar-refractivity contribution is 5.38. The Labute approximate surface area is 118 Å². The van der Waals surface area contributed by atoms with Gasteiger partial charge in [0.15, 0.2) is 0 Å². The van der Waals surface area contributed by atoms with Crippen molar-refractivity contribution in [3.05, 3.63) is 70.3 Å². The quantitative estimate of drug-likeness (QED) is 0.878.